The van der Waals surface area contributed by atoms with E-state index in [4.69, 9.17) is 19.9 Å². The van der Waals surface area contributed by atoms with Crippen LogP contribution in [-0.2, 0) is 0 Å². The lowest BCUT2D eigenvalue weighted by molar-refractivity contribution is 1.18. The van der Waals surface area contributed by atoms with Crippen LogP contribution in [0.3, 0.4) is 0 Å². The van der Waals surface area contributed by atoms with Crippen molar-refractivity contribution >= 4 is 27.3 Å². The van der Waals surface area contributed by atoms with Crippen LogP contribution in [0, 0.1) is 0 Å². The van der Waals surface area contributed by atoms with Gasteiger partial charge in [0.1, 0.15) is 5.65 Å². The van der Waals surface area contributed by atoms with Gasteiger partial charge in [-0.2, -0.15) is 0 Å². The Balaban J connectivity index is 0.932. The molecule has 5 nitrogen and oxygen atoms in total. The molecule has 7 aromatic carbocycles. The fraction of sp³-hybridized carbons (Fsp3) is 0. The molecule has 0 fully saturated rings. The van der Waals surface area contributed by atoms with Gasteiger partial charge in [-0.3, -0.25) is 0 Å². The smallest absolute Gasteiger partial charge is 0.160 e. The van der Waals surface area contributed by atoms with Crippen LogP contribution in [-0.4, -0.2) is 24.3 Å². The summed E-state index contributed by atoms with van der Waals surface area (Å²) >= 11 is 0. The molecule has 0 N–H and O–H groups in total. The zero-order valence-electron chi connectivity index (χ0n) is 31.9. The summed E-state index contributed by atoms with van der Waals surface area (Å²) in [6, 6.07) is 69.6. The predicted octanol–water partition coefficient (Wildman–Crippen LogP) is 13.5. The number of imidazole rings is 1. The molecule has 0 spiro atoms. The van der Waals surface area contributed by atoms with Gasteiger partial charge in [0.25, 0.3) is 0 Å². The molecule has 4 aromatic heterocycles. The third-order valence-electron chi connectivity index (χ3n) is 11.1. The fourth-order valence-electron chi connectivity index (χ4n) is 8.02. The van der Waals surface area contributed by atoms with Gasteiger partial charge < -0.3 is 4.40 Å². The lowest BCUT2D eigenvalue weighted by Crippen LogP contribution is -1.96. The summed E-state index contributed by atoms with van der Waals surface area (Å²) in [5.74, 6) is 0.699. The Kier molecular flexibility index (Phi) is 8.41. The van der Waals surface area contributed by atoms with Crippen molar-refractivity contribution < 1.29 is 0 Å². The second-order valence-electron chi connectivity index (χ2n) is 14.7. The van der Waals surface area contributed by atoms with Crippen molar-refractivity contribution in [1.82, 2.24) is 24.3 Å². The molecule has 0 atom stereocenters. The van der Waals surface area contributed by atoms with E-state index in [1.54, 1.807) is 0 Å². The number of para-hydroxylation sites is 1. The van der Waals surface area contributed by atoms with Crippen LogP contribution in [0.1, 0.15) is 0 Å². The van der Waals surface area contributed by atoms with Crippen molar-refractivity contribution in [2.45, 2.75) is 0 Å². The molecule has 11 rings (SSSR count). The highest BCUT2D eigenvalue weighted by Gasteiger charge is 2.17. The largest absolute Gasteiger partial charge is 0.306 e. The highest BCUT2D eigenvalue weighted by molar-refractivity contribution is 6.16. The molecule has 0 bridgehead atoms. The quantitative estimate of drug-likeness (QED) is 0.152. The first-order valence-electron chi connectivity index (χ1n) is 19.8. The molecule has 5 heteroatoms. The molecule has 59 heavy (non-hydrogen) atoms. The van der Waals surface area contributed by atoms with E-state index >= 15 is 0 Å². The Bertz CT molecular complexity index is 3270. The molecule has 0 unspecified atom stereocenters. The summed E-state index contributed by atoms with van der Waals surface area (Å²) in [7, 11) is 0. The van der Waals surface area contributed by atoms with Crippen molar-refractivity contribution in [3.05, 3.63) is 213 Å². The number of aromatic nitrogens is 5. The molecule has 276 valence electrons. The molecular weight excluding hydrogens is 719 g/mol. The lowest BCUT2D eigenvalue weighted by Gasteiger charge is -2.12. The highest BCUT2D eigenvalue weighted by atomic mass is 15.0. The van der Waals surface area contributed by atoms with Gasteiger partial charge in [0.2, 0.25) is 0 Å². The molecule has 0 saturated heterocycles. The maximum atomic E-state index is 5.22. The molecule has 0 saturated carbocycles. The van der Waals surface area contributed by atoms with E-state index in [-0.39, 0.29) is 0 Å². The van der Waals surface area contributed by atoms with E-state index in [1.807, 2.05) is 36.4 Å². The summed E-state index contributed by atoms with van der Waals surface area (Å²) in [5, 5.41) is 3.26. The standard InChI is InChI=1S/C54H35N5/c1-4-12-36(13-5-1)37-20-26-41(27-21-37)48-34-49(57-53(56-48)44-16-8-3-9-17-44)42-28-22-38(23-29-42)39-24-30-43(31-25-39)52-46-32-33-59-35-50(40-14-6-2-7-15-40)58-54(59)51(46)45-18-10-11-19-47(45)55-52/h1-35H. The summed E-state index contributed by atoms with van der Waals surface area (Å²) in [4.78, 5) is 20.5. The number of rotatable bonds is 7. The average Bonchev–Trinajstić information content (AvgIpc) is 3.77. The Morgan fingerprint density at radius 1 is 0.322 bits per heavy atom. The van der Waals surface area contributed by atoms with Crippen LogP contribution in [0.15, 0.2) is 213 Å². The van der Waals surface area contributed by atoms with Gasteiger partial charge in [0.15, 0.2) is 5.82 Å². The maximum Gasteiger partial charge on any atom is 0.160 e. The van der Waals surface area contributed by atoms with Gasteiger partial charge in [-0.05, 0) is 40.5 Å². The van der Waals surface area contributed by atoms with Gasteiger partial charge in [0.05, 0.1) is 28.3 Å². The molecule has 0 aliphatic rings. The Labute approximate surface area is 341 Å². The van der Waals surface area contributed by atoms with E-state index in [0.29, 0.717) is 5.82 Å². The van der Waals surface area contributed by atoms with Crippen molar-refractivity contribution in [3.8, 4) is 78.7 Å². The minimum atomic E-state index is 0.699. The highest BCUT2D eigenvalue weighted by Crippen LogP contribution is 2.37. The first-order valence-corrected chi connectivity index (χ1v) is 19.8. The zero-order valence-corrected chi connectivity index (χ0v) is 31.9. The lowest BCUT2D eigenvalue weighted by atomic mass is 9.97. The van der Waals surface area contributed by atoms with Crippen LogP contribution >= 0.6 is 0 Å². The number of fused-ring (bicyclic) bond motifs is 5. The fourth-order valence-corrected chi connectivity index (χ4v) is 8.02. The number of pyridine rings is 2. The second-order valence-corrected chi connectivity index (χ2v) is 14.7. The van der Waals surface area contributed by atoms with E-state index in [0.717, 1.165) is 89.0 Å². The number of nitrogens with zero attached hydrogens (tertiary/aromatic N) is 5. The molecular formula is C54H35N5. The number of hydrogen-bond acceptors (Lipinski definition) is 4. The molecule has 0 aliphatic heterocycles. The molecule has 11 aromatic rings. The van der Waals surface area contributed by atoms with Gasteiger partial charge in [0, 0.05) is 56.4 Å². The summed E-state index contributed by atoms with van der Waals surface area (Å²) in [6.45, 7) is 0. The van der Waals surface area contributed by atoms with Crippen LogP contribution in [0.5, 0.6) is 0 Å². The van der Waals surface area contributed by atoms with Crippen molar-refractivity contribution in [3.63, 3.8) is 0 Å². The van der Waals surface area contributed by atoms with Crippen molar-refractivity contribution in [2.24, 2.45) is 0 Å². The van der Waals surface area contributed by atoms with Gasteiger partial charge in [-0.25, -0.2) is 19.9 Å². The normalized spacial score (nSPS) is 11.4. The van der Waals surface area contributed by atoms with Crippen LogP contribution < -0.4 is 0 Å². The Morgan fingerprint density at radius 3 is 1.37 bits per heavy atom. The maximum absolute atomic E-state index is 5.22. The SMILES string of the molecule is c1ccc(-c2ccc(-c3cc(-c4ccc(-c5ccc(-c6nc7ccccc7c7c6ccn6cc(-c8ccccc8)nc76)cc5)cc4)nc(-c4ccccc4)n3)cc2)cc1. The minimum absolute atomic E-state index is 0.699. The van der Waals surface area contributed by atoms with E-state index < -0.39 is 0 Å². The van der Waals surface area contributed by atoms with E-state index in [9.17, 15) is 0 Å². The van der Waals surface area contributed by atoms with Gasteiger partial charge in [-0.1, -0.05) is 182 Å². The second kappa shape index (κ2) is 14.5. The zero-order chi connectivity index (χ0) is 39.1. The van der Waals surface area contributed by atoms with Crippen LogP contribution in [0.2, 0.25) is 0 Å². The Morgan fingerprint density at radius 2 is 0.780 bits per heavy atom. The molecule has 0 radical (unpaired) electrons. The van der Waals surface area contributed by atoms with Gasteiger partial charge >= 0.3 is 0 Å². The van der Waals surface area contributed by atoms with E-state index in [2.05, 4.69) is 181 Å². The average molecular weight is 754 g/mol. The summed E-state index contributed by atoms with van der Waals surface area (Å²) < 4.78 is 2.13. The number of hydrogen-bond donors (Lipinski definition) is 0. The summed E-state index contributed by atoms with van der Waals surface area (Å²) in [5.41, 5.74) is 15.3. The van der Waals surface area contributed by atoms with E-state index in [1.165, 1.54) is 11.1 Å². The van der Waals surface area contributed by atoms with Crippen LogP contribution in [0.25, 0.3) is 106 Å². The molecule has 0 amide bonds. The van der Waals surface area contributed by atoms with Crippen LogP contribution in [0.4, 0.5) is 0 Å². The monoisotopic (exact) mass is 753 g/mol. The van der Waals surface area contributed by atoms with Crippen molar-refractivity contribution in [2.75, 3.05) is 0 Å². The summed E-state index contributed by atoms with van der Waals surface area (Å²) in [6.07, 6.45) is 4.20. The third kappa shape index (κ3) is 6.41. The third-order valence-corrected chi connectivity index (χ3v) is 11.1. The Hall–Kier alpha value is -8.02. The van der Waals surface area contributed by atoms with Gasteiger partial charge in [-0.15, -0.1) is 0 Å². The number of benzene rings is 7. The van der Waals surface area contributed by atoms with Crippen molar-refractivity contribution in [1.29, 1.82) is 0 Å². The topological polar surface area (TPSA) is 56.0 Å². The molecule has 0 aliphatic carbocycles. The first-order chi connectivity index (χ1) is 29.2. The predicted molar refractivity (Wildman–Crippen MR) is 242 cm³/mol. The first kappa shape index (κ1) is 34.2. The molecule has 4 heterocycles. The minimum Gasteiger partial charge on any atom is -0.306 e.